The van der Waals surface area contributed by atoms with Crippen molar-refractivity contribution in [3.8, 4) is 0 Å². The Morgan fingerprint density at radius 1 is 1.62 bits per heavy atom. The highest BCUT2D eigenvalue weighted by Gasteiger charge is 2.15. The summed E-state index contributed by atoms with van der Waals surface area (Å²) < 4.78 is 1.70. The first-order valence-corrected chi connectivity index (χ1v) is 6.27. The minimum Gasteiger partial charge on any atom is -0.349 e. The lowest BCUT2D eigenvalue weighted by Gasteiger charge is -2.14. The summed E-state index contributed by atoms with van der Waals surface area (Å²) in [6.45, 7) is 5.96. The Bertz CT molecular complexity index is 373. The number of halogens is 1. The summed E-state index contributed by atoms with van der Waals surface area (Å²) in [4.78, 5) is 12.3. The van der Waals surface area contributed by atoms with Gasteiger partial charge in [0, 0.05) is 23.6 Å². The minimum absolute atomic E-state index is 0.0498. The van der Waals surface area contributed by atoms with Crippen LogP contribution in [0, 0.1) is 6.92 Å². The molecular weight excluding hydrogens is 270 g/mol. The lowest BCUT2D eigenvalue weighted by atomic mass is 10.1. The van der Waals surface area contributed by atoms with E-state index >= 15 is 0 Å². The van der Waals surface area contributed by atoms with Gasteiger partial charge in [-0.05, 0) is 20.3 Å². The Hall–Kier alpha value is -0.840. The van der Waals surface area contributed by atoms with Crippen molar-refractivity contribution in [2.45, 2.75) is 38.1 Å². The number of aromatic nitrogens is 2. The van der Waals surface area contributed by atoms with Gasteiger partial charge in [0.2, 0.25) is 0 Å². The van der Waals surface area contributed by atoms with E-state index < -0.39 is 0 Å². The summed E-state index contributed by atoms with van der Waals surface area (Å²) >= 11 is 3.47. The van der Waals surface area contributed by atoms with E-state index in [-0.39, 0.29) is 11.9 Å². The van der Waals surface area contributed by atoms with Crippen LogP contribution in [-0.4, -0.2) is 26.6 Å². The van der Waals surface area contributed by atoms with E-state index in [0.29, 0.717) is 10.4 Å². The third-order valence-electron chi connectivity index (χ3n) is 2.54. The zero-order valence-electron chi connectivity index (χ0n) is 10.1. The topological polar surface area (TPSA) is 46.9 Å². The molecule has 0 saturated carbocycles. The smallest absolute Gasteiger partial charge is 0.254 e. The number of carbonyl (C=O) groups is 1. The molecule has 0 fully saturated rings. The van der Waals surface area contributed by atoms with Gasteiger partial charge >= 0.3 is 0 Å². The maximum Gasteiger partial charge on any atom is 0.254 e. The quantitative estimate of drug-likeness (QED) is 0.862. The van der Waals surface area contributed by atoms with Gasteiger partial charge in [0.25, 0.3) is 5.91 Å². The molecular formula is C11H18BrN3O. The summed E-state index contributed by atoms with van der Waals surface area (Å²) in [6.07, 6.45) is 2.51. The molecule has 1 heterocycles. The van der Waals surface area contributed by atoms with Crippen molar-refractivity contribution >= 4 is 21.8 Å². The van der Waals surface area contributed by atoms with Crippen LogP contribution >= 0.6 is 15.9 Å². The molecule has 1 N–H and O–H groups in total. The third-order valence-corrected chi connectivity index (χ3v) is 2.91. The molecule has 16 heavy (non-hydrogen) atoms. The second-order valence-corrected chi connectivity index (χ2v) is 5.72. The molecule has 0 bridgehead atoms. The van der Waals surface area contributed by atoms with Crippen molar-refractivity contribution in [3.63, 3.8) is 0 Å². The van der Waals surface area contributed by atoms with E-state index in [2.05, 4.69) is 33.3 Å². The zero-order valence-corrected chi connectivity index (χ0v) is 11.7. The highest BCUT2D eigenvalue weighted by Crippen LogP contribution is 2.09. The maximum absolute atomic E-state index is 11.9. The van der Waals surface area contributed by atoms with E-state index in [4.69, 9.17) is 0 Å². The van der Waals surface area contributed by atoms with E-state index in [0.717, 1.165) is 12.1 Å². The Balaban J connectivity index is 2.62. The Morgan fingerprint density at radius 2 is 2.25 bits per heavy atom. The van der Waals surface area contributed by atoms with Gasteiger partial charge in [0.1, 0.15) is 0 Å². The summed E-state index contributed by atoms with van der Waals surface area (Å²) in [7, 11) is 1.83. The highest BCUT2D eigenvalue weighted by molar-refractivity contribution is 9.09. The van der Waals surface area contributed by atoms with Crippen molar-refractivity contribution in [3.05, 3.63) is 17.5 Å². The molecule has 4 nitrogen and oxygen atoms in total. The first-order valence-electron chi connectivity index (χ1n) is 5.35. The lowest BCUT2D eigenvalue weighted by Crippen LogP contribution is -2.34. The van der Waals surface area contributed by atoms with Crippen LogP contribution in [0.1, 0.15) is 36.3 Å². The predicted molar refractivity (Wildman–Crippen MR) is 67.9 cm³/mol. The molecule has 5 heteroatoms. The Morgan fingerprint density at radius 3 is 2.69 bits per heavy atom. The molecule has 90 valence electrons. The number of aryl methyl sites for hydroxylation is 1. The lowest BCUT2D eigenvalue weighted by molar-refractivity contribution is 0.0938. The molecule has 0 aromatic carbocycles. The number of carbonyl (C=O) groups excluding carboxylic acids is 1. The predicted octanol–water partition coefficient (Wildman–Crippen LogP) is 2.02. The van der Waals surface area contributed by atoms with Crippen molar-refractivity contribution in [2.75, 3.05) is 0 Å². The zero-order chi connectivity index (χ0) is 12.3. The van der Waals surface area contributed by atoms with Gasteiger partial charge in [-0.2, -0.15) is 5.10 Å². The fraction of sp³-hybridized carbons (Fsp3) is 0.636. The molecule has 0 aliphatic rings. The van der Waals surface area contributed by atoms with Gasteiger partial charge in [-0.3, -0.25) is 9.48 Å². The summed E-state index contributed by atoms with van der Waals surface area (Å²) in [6, 6.07) is 0.154. The Labute approximate surface area is 105 Å². The number of amides is 1. The van der Waals surface area contributed by atoms with Gasteiger partial charge < -0.3 is 5.32 Å². The standard InChI is InChI=1S/C11H18BrN3O/c1-7(12)5-8(2)14-11(16)10-6-13-15(4)9(10)3/h6-8H,5H2,1-4H3,(H,14,16). The van der Waals surface area contributed by atoms with Gasteiger partial charge in [-0.1, -0.05) is 22.9 Å². The first kappa shape index (κ1) is 13.2. The second kappa shape index (κ2) is 5.48. The molecule has 1 aromatic heterocycles. The summed E-state index contributed by atoms with van der Waals surface area (Å²) in [5, 5.41) is 7.01. The van der Waals surface area contributed by atoms with E-state index in [1.807, 2.05) is 20.9 Å². The maximum atomic E-state index is 11.9. The van der Waals surface area contributed by atoms with Crippen molar-refractivity contribution in [1.82, 2.24) is 15.1 Å². The molecule has 0 radical (unpaired) electrons. The van der Waals surface area contributed by atoms with Crippen molar-refractivity contribution in [2.24, 2.45) is 7.05 Å². The molecule has 1 amide bonds. The van der Waals surface area contributed by atoms with Crippen molar-refractivity contribution in [1.29, 1.82) is 0 Å². The van der Waals surface area contributed by atoms with Gasteiger partial charge in [0.15, 0.2) is 0 Å². The monoisotopic (exact) mass is 287 g/mol. The Kier molecular flexibility index (Phi) is 4.53. The van der Waals surface area contributed by atoms with Crippen LogP contribution in [0.4, 0.5) is 0 Å². The number of nitrogens with zero attached hydrogens (tertiary/aromatic N) is 2. The first-order chi connectivity index (χ1) is 7.41. The normalized spacial score (nSPS) is 14.6. The van der Waals surface area contributed by atoms with Crippen LogP contribution in [0.5, 0.6) is 0 Å². The van der Waals surface area contributed by atoms with Crippen LogP contribution in [0.2, 0.25) is 0 Å². The van der Waals surface area contributed by atoms with Crippen molar-refractivity contribution < 1.29 is 4.79 Å². The molecule has 1 rings (SSSR count). The molecule has 0 aliphatic carbocycles. The molecule has 1 aromatic rings. The number of nitrogens with one attached hydrogen (secondary N) is 1. The number of rotatable bonds is 4. The van der Waals surface area contributed by atoms with Gasteiger partial charge in [-0.15, -0.1) is 0 Å². The SMILES string of the molecule is Cc1c(C(=O)NC(C)CC(C)Br)cnn1C. The average Bonchev–Trinajstić information content (AvgIpc) is 2.45. The fourth-order valence-corrected chi connectivity index (χ4v) is 2.13. The van der Waals surface area contributed by atoms with E-state index in [1.54, 1.807) is 10.9 Å². The number of hydrogen-bond acceptors (Lipinski definition) is 2. The van der Waals surface area contributed by atoms with Crippen LogP contribution in [0.3, 0.4) is 0 Å². The fourth-order valence-electron chi connectivity index (χ4n) is 1.57. The largest absolute Gasteiger partial charge is 0.349 e. The van der Waals surface area contributed by atoms with E-state index in [1.165, 1.54) is 0 Å². The van der Waals surface area contributed by atoms with E-state index in [9.17, 15) is 4.79 Å². The second-order valence-electron chi connectivity index (χ2n) is 4.16. The van der Waals surface area contributed by atoms with Gasteiger partial charge in [-0.25, -0.2) is 0 Å². The average molecular weight is 288 g/mol. The number of alkyl halides is 1. The van der Waals surface area contributed by atoms with Crippen LogP contribution in [-0.2, 0) is 7.05 Å². The molecule has 2 unspecified atom stereocenters. The van der Waals surface area contributed by atoms with Crippen LogP contribution in [0.25, 0.3) is 0 Å². The number of hydrogen-bond donors (Lipinski definition) is 1. The molecule has 0 saturated heterocycles. The minimum atomic E-state index is -0.0498. The summed E-state index contributed by atoms with van der Waals surface area (Å²) in [5.74, 6) is -0.0498. The highest BCUT2D eigenvalue weighted by atomic mass is 79.9. The van der Waals surface area contributed by atoms with Crippen LogP contribution < -0.4 is 5.32 Å². The third kappa shape index (κ3) is 3.33. The molecule has 0 spiro atoms. The molecule has 2 atom stereocenters. The van der Waals surface area contributed by atoms with Gasteiger partial charge in [0.05, 0.1) is 11.8 Å². The van der Waals surface area contributed by atoms with Crippen LogP contribution in [0.15, 0.2) is 6.20 Å². The molecule has 0 aliphatic heterocycles. The summed E-state index contributed by atoms with van der Waals surface area (Å²) in [5.41, 5.74) is 1.54.